The number of carbonyl (C=O) groups excluding carboxylic acids is 1. The maximum Gasteiger partial charge on any atom is 0.188 e. The summed E-state index contributed by atoms with van der Waals surface area (Å²) in [4.78, 5) is 12.7. The van der Waals surface area contributed by atoms with Crippen LogP contribution in [0.2, 0.25) is 0 Å². The molecule has 0 aliphatic heterocycles. The molecule has 0 saturated heterocycles. The van der Waals surface area contributed by atoms with E-state index in [1.165, 1.54) is 0 Å². The second-order valence-electron chi connectivity index (χ2n) is 4.32. The van der Waals surface area contributed by atoms with Gasteiger partial charge < -0.3 is 10.6 Å². The largest absolute Gasteiger partial charge is 0.311 e. The van der Waals surface area contributed by atoms with Crippen LogP contribution in [0.4, 0.5) is 0 Å². The zero-order chi connectivity index (χ0) is 13.0. The summed E-state index contributed by atoms with van der Waals surface area (Å²) < 4.78 is 0. The van der Waals surface area contributed by atoms with E-state index in [9.17, 15) is 4.79 Å². The minimum Gasteiger partial charge on any atom is -0.311 e. The van der Waals surface area contributed by atoms with Crippen LogP contribution in [0.25, 0.3) is 0 Å². The summed E-state index contributed by atoms with van der Waals surface area (Å²) in [5.41, 5.74) is -0.00255. The third-order valence-electron chi connectivity index (χ3n) is 3.40. The second-order valence-corrected chi connectivity index (χ2v) is 4.32. The van der Waals surface area contributed by atoms with E-state index >= 15 is 0 Å². The number of rotatable bonds is 4. The maximum absolute atomic E-state index is 12.7. The zero-order valence-corrected chi connectivity index (χ0v) is 10.7. The van der Waals surface area contributed by atoms with Crippen molar-refractivity contribution in [1.29, 1.82) is 0 Å². The standard InChI is InChI=1S/C15H18N2O/c1-16-13-10-6-7-11-15(13,17-2)14(18)12-8-4-3-5-9-12/h3-11,13,16-17H,1-2H3. The van der Waals surface area contributed by atoms with Crippen LogP contribution in [-0.4, -0.2) is 31.5 Å². The van der Waals surface area contributed by atoms with Crippen LogP contribution in [0.1, 0.15) is 10.4 Å². The second kappa shape index (κ2) is 5.29. The van der Waals surface area contributed by atoms with Crippen LogP contribution in [-0.2, 0) is 0 Å². The minimum absolute atomic E-state index is 0.0554. The van der Waals surface area contributed by atoms with Crippen molar-refractivity contribution in [3.63, 3.8) is 0 Å². The summed E-state index contributed by atoms with van der Waals surface area (Å²) >= 11 is 0. The highest BCUT2D eigenvalue weighted by Crippen LogP contribution is 2.23. The number of hydrogen-bond acceptors (Lipinski definition) is 3. The molecule has 2 N–H and O–H groups in total. The van der Waals surface area contributed by atoms with Gasteiger partial charge in [-0.15, -0.1) is 0 Å². The molecule has 94 valence electrons. The predicted molar refractivity (Wildman–Crippen MR) is 73.7 cm³/mol. The van der Waals surface area contributed by atoms with Crippen LogP contribution in [0.3, 0.4) is 0 Å². The van der Waals surface area contributed by atoms with Gasteiger partial charge in [-0.2, -0.15) is 0 Å². The molecule has 0 amide bonds. The van der Waals surface area contributed by atoms with Gasteiger partial charge in [0.1, 0.15) is 5.54 Å². The number of carbonyl (C=O) groups is 1. The lowest BCUT2D eigenvalue weighted by molar-refractivity contribution is 0.0878. The Kier molecular flexibility index (Phi) is 3.75. The highest BCUT2D eigenvalue weighted by Gasteiger charge is 2.41. The van der Waals surface area contributed by atoms with Crippen molar-refractivity contribution in [2.75, 3.05) is 14.1 Å². The molecular weight excluding hydrogens is 224 g/mol. The molecule has 3 heteroatoms. The van der Waals surface area contributed by atoms with Gasteiger partial charge in [-0.25, -0.2) is 0 Å². The summed E-state index contributed by atoms with van der Waals surface area (Å²) in [6.45, 7) is 0. The van der Waals surface area contributed by atoms with Crippen molar-refractivity contribution in [3.8, 4) is 0 Å². The number of Topliss-reactive ketones (excluding diaryl/α,β-unsaturated/α-hetero) is 1. The average molecular weight is 242 g/mol. The summed E-state index contributed by atoms with van der Waals surface area (Å²) in [7, 11) is 3.67. The SMILES string of the molecule is CNC1C=CC=CC1(NC)C(=O)c1ccccc1. The maximum atomic E-state index is 12.7. The Hall–Kier alpha value is -1.71. The summed E-state index contributed by atoms with van der Waals surface area (Å²) in [5, 5.41) is 6.34. The Labute approximate surface area is 108 Å². The molecule has 0 heterocycles. The van der Waals surface area contributed by atoms with Crippen LogP contribution in [0.15, 0.2) is 54.6 Å². The monoisotopic (exact) mass is 242 g/mol. The predicted octanol–water partition coefficient (Wildman–Crippen LogP) is 1.54. The van der Waals surface area contributed by atoms with Gasteiger partial charge in [-0.1, -0.05) is 54.6 Å². The molecule has 3 nitrogen and oxygen atoms in total. The molecule has 18 heavy (non-hydrogen) atoms. The Balaban J connectivity index is 2.41. The fourth-order valence-corrected chi connectivity index (χ4v) is 2.36. The first-order valence-electron chi connectivity index (χ1n) is 6.06. The van der Waals surface area contributed by atoms with E-state index in [4.69, 9.17) is 0 Å². The van der Waals surface area contributed by atoms with Gasteiger partial charge in [0.05, 0.1) is 6.04 Å². The molecule has 1 aromatic rings. The fourth-order valence-electron chi connectivity index (χ4n) is 2.36. The van der Waals surface area contributed by atoms with Crippen LogP contribution in [0.5, 0.6) is 0 Å². The topological polar surface area (TPSA) is 41.1 Å². The first-order valence-corrected chi connectivity index (χ1v) is 6.06. The van der Waals surface area contributed by atoms with Crippen molar-refractivity contribution >= 4 is 5.78 Å². The van der Waals surface area contributed by atoms with Gasteiger partial charge in [0.2, 0.25) is 0 Å². The molecule has 0 spiro atoms. The highest BCUT2D eigenvalue weighted by molar-refractivity contribution is 6.05. The summed E-state index contributed by atoms with van der Waals surface area (Å²) in [6, 6.07) is 9.32. The summed E-state index contributed by atoms with van der Waals surface area (Å²) in [6.07, 6.45) is 7.78. The Morgan fingerprint density at radius 1 is 1.17 bits per heavy atom. The number of ketones is 1. The zero-order valence-electron chi connectivity index (χ0n) is 10.7. The van der Waals surface area contributed by atoms with Gasteiger partial charge in [-0.3, -0.25) is 4.79 Å². The van der Waals surface area contributed by atoms with E-state index < -0.39 is 5.54 Å². The number of likely N-dealkylation sites (N-methyl/N-ethyl adjacent to an activating group) is 2. The van der Waals surface area contributed by atoms with Crippen molar-refractivity contribution in [1.82, 2.24) is 10.6 Å². The van der Waals surface area contributed by atoms with E-state index in [1.807, 2.05) is 68.7 Å². The molecule has 0 aromatic heterocycles. The normalized spacial score (nSPS) is 26.2. The van der Waals surface area contributed by atoms with Gasteiger partial charge in [0, 0.05) is 5.56 Å². The van der Waals surface area contributed by atoms with Gasteiger partial charge >= 0.3 is 0 Å². The Bertz CT molecular complexity index is 479. The van der Waals surface area contributed by atoms with Crippen LogP contribution < -0.4 is 10.6 Å². The molecule has 0 fully saturated rings. The van der Waals surface area contributed by atoms with Gasteiger partial charge in [0.15, 0.2) is 5.78 Å². The molecule has 1 aliphatic rings. The molecule has 2 rings (SSSR count). The molecule has 2 atom stereocenters. The number of nitrogens with one attached hydrogen (secondary N) is 2. The lowest BCUT2D eigenvalue weighted by Crippen LogP contribution is -2.61. The van der Waals surface area contributed by atoms with E-state index in [-0.39, 0.29) is 11.8 Å². The number of hydrogen-bond donors (Lipinski definition) is 2. The molecule has 0 radical (unpaired) electrons. The minimum atomic E-state index is -0.717. The van der Waals surface area contributed by atoms with E-state index in [2.05, 4.69) is 10.6 Å². The third kappa shape index (κ3) is 2.03. The molecule has 1 aliphatic carbocycles. The van der Waals surface area contributed by atoms with Crippen LogP contribution in [0, 0.1) is 0 Å². The van der Waals surface area contributed by atoms with Crippen molar-refractivity contribution in [3.05, 3.63) is 60.2 Å². The van der Waals surface area contributed by atoms with Crippen molar-refractivity contribution < 1.29 is 4.79 Å². The average Bonchev–Trinajstić information content (AvgIpc) is 2.47. The lowest BCUT2D eigenvalue weighted by Gasteiger charge is -2.36. The molecule has 0 bridgehead atoms. The molecule has 0 saturated carbocycles. The third-order valence-corrected chi connectivity index (χ3v) is 3.40. The Morgan fingerprint density at radius 3 is 2.50 bits per heavy atom. The first-order chi connectivity index (χ1) is 8.74. The molecule has 1 aromatic carbocycles. The smallest absolute Gasteiger partial charge is 0.188 e. The van der Waals surface area contributed by atoms with Crippen molar-refractivity contribution in [2.45, 2.75) is 11.6 Å². The highest BCUT2D eigenvalue weighted by atomic mass is 16.1. The van der Waals surface area contributed by atoms with E-state index in [0.29, 0.717) is 5.56 Å². The van der Waals surface area contributed by atoms with Crippen molar-refractivity contribution in [2.24, 2.45) is 0 Å². The first kappa shape index (κ1) is 12.7. The van der Waals surface area contributed by atoms with Gasteiger partial charge in [-0.05, 0) is 14.1 Å². The fraction of sp³-hybridized carbons (Fsp3) is 0.267. The summed E-state index contributed by atoms with van der Waals surface area (Å²) in [5.74, 6) is 0.0746. The lowest BCUT2D eigenvalue weighted by atomic mass is 9.80. The molecular formula is C15H18N2O. The van der Waals surface area contributed by atoms with Gasteiger partial charge in [0.25, 0.3) is 0 Å². The number of allylic oxidation sites excluding steroid dienone is 2. The van der Waals surface area contributed by atoms with E-state index in [0.717, 1.165) is 0 Å². The number of benzene rings is 1. The van der Waals surface area contributed by atoms with E-state index in [1.54, 1.807) is 0 Å². The quantitative estimate of drug-likeness (QED) is 0.787. The molecule has 2 unspecified atom stereocenters. The van der Waals surface area contributed by atoms with Crippen LogP contribution >= 0.6 is 0 Å². The Morgan fingerprint density at radius 2 is 1.89 bits per heavy atom.